The minimum atomic E-state index is 0.0710. The lowest BCUT2D eigenvalue weighted by atomic mass is 9.84. The largest absolute Gasteiger partial charge is 0.494 e. The second kappa shape index (κ2) is 6.59. The van der Waals surface area contributed by atoms with Crippen LogP contribution in [0.3, 0.4) is 0 Å². The van der Waals surface area contributed by atoms with Gasteiger partial charge in [0, 0.05) is 12.0 Å². The zero-order valence-corrected chi connectivity index (χ0v) is 10.9. The molecule has 0 aliphatic rings. The van der Waals surface area contributed by atoms with E-state index in [1.54, 1.807) is 0 Å². The number of nitrogens with two attached hydrogens (primary N) is 1. The van der Waals surface area contributed by atoms with Crippen LogP contribution in [0.15, 0.2) is 24.3 Å². The first-order valence-corrected chi connectivity index (χ1v) is 5.97. The number of benzene rings is 1. The van der Waals surface area contributed by atoms with Gasteiger partial charge in [-0.2, -0.15) is 0 Å². The van der Waals surface area contributed by atoms with Crippen LogP contribution in [0.1, 0.15) is 26.3 Å². The molecule has 0 atom stereocenters. The van der Waals surface area contributed by atoms with Crippen molar-refractivity contribution < 1.29 is 4.74 Å². The average molecular weight is 237 g/mol. The van der Waals surface area contributed by atoms with Gasteiger partial charge < -0.3 is 10.1 Å². The number of ether oxygens (including phenoxy) is 1. The van der Waals surface area contributed by atoms with Crippen molar-refractivity contribution in [3.63, 3.8) is 0 Å². The lowest BCUT2D eigenvalue weighted by Crippen LogP contribution is -2.40. The van der Waals surface area contributed by atoms with Crippen LogP contribution in [-0.2, 0) is 5.41 Å². The topological polar surface area (TPSA) is 59.3 Å². The highest BCUT2D eigenvalue weighted by Gasteiger charge is 2.19. The van der Waals surface area contributed by atoms with E-state index in [2.05, 4.69) is 36.7 Å². The van der Waals surface area contributed by atoms with Gasteiger partial charge in [-0.3, -0.25) is 5.84 Å². The molecule has 4 nitrogen and oxygen atoms in total. The Morgan fingerprint density at radius 3 is 2.41 bits per heavy atom. The van der Waals surface area contributed by atoms with Gasteiger partial charge >= 0.3 is 0 Å². The second-order valence-electron chi connectivity index (χ2n) is 4.65. The lowest BCUT2D eigenvalue weighted by Gasteiger charge is -2.26. The smallest absolute Gasteiger partial charge is 0.119 e. The molecule has 0 amide bonds. The molecular formula is C13H23N3O. The molecule has 4 N–H and O–H groups in total. The Bertz CT molecular complexity index is 322. The summed E-state index contributed by atoms with van der Waals surface area (Å²) >= 11 is 0. The minimum absolute atomic E-state index is 0.0710. The quantitative estimate of drug-likeness (QED) is 0.290. The maximum Gasteiger partial charge on any atom is 0.119 e. The molecule has 0 unspecified atom stereocenters. The molecule has 0 aromatic heterocycles. The van der Waals surface area contributed by atoms with Gasteiger partial charge in [0.15, 0.2) is 0 Å². The summed E-state index contributed by atoms with van der Waals surface area (Å²) in [5.41, 5.74) is 3.94. The molecule has 1 aromatic rings. The van der Waals surface area contributed by atoms with Crippen molar-refractivity contribution in [1.29, 1.82) is 0 Å². The van der Waals surface area contributed by atoms with Gasteiger partial charge in [-0.05, 0) is 24.6 Å². The summed E-state index contributed by atoms with van der Waals surface area (Å²) in [6, 6.07) is 8.26. The Morgan fingerprint density at radius 1 is 1.24 bits per heavy atom. The van der Waals surface area contributed by atoms with E-state index in [4.69, 9.17) is 10.6 Å². The first-order chi connectivity index (χ1) is 8.10. The summed E-state index contributed by atoms with van der Waals surface area (Å²) < 4.78 is 5.43. The van der Waals surface area contributed by atoms with Gasteiger partial charge in [-0.25, -0.2) is 5.43 Å². The molecule has 0 saturated carbocycles. The second-order valence-corrected chi connectivity index (χ2v) is 4.65. The van der Waals surface area contributed by atoms with Crippen molar-refractivity contribution in [2.45, 2.75) is 26.2 Å². The normalized spacial score (nSPS) is 11.5. The van der Waals surface area contributed by atoms with Crippen LogP contribution in [0.25, 0.3) is 0 Å². The Balaban J connectivity index is 2.63. The van der Waals surface area contributed by atoms with Gasteiger partial charge in [-0.15, -0.1) is 0 Å². The minimum Gasteiger partial charge on any atom is -0.494 e. The summed E-state index contributed by atoms with van der Waals surface area (Å²) in [4.78, 5) is 0. The van der Waals surface area contributed by atoms with Crippen molar-refractivity contribution in [2.24, 2.45) is 5.84 Å². The first-order valence-electron chi connectivity index (χ1n) is 5.97. The predicted octanol–water partition coefficient (Wildman–Crippen LogP) is 1.37. The zero-order chi connectivity index (χ0) is 12.7. The summed E-state index contributed by atoms with van der Waals surface area (Å²) in [5.74, 6) is 6.14. The van der Waals surface area contributed by atoms with Crippen molar-refractivity contribution in [2.75, 3.05) is 19.8 Å². The summed E-state index contributed by atoms with van der Waals surface area (Å²) in [5, 5.41) is 3.25. The van der Waals surface area contributed by atoms with Crippen molar-refractivity contribution in [3.05, 3.63) is 29.8 Å². The molecule has 1 rings (SSSR count). The van der Waals surface area contributed by atoms with E-state index in [1.165, 1.54) is 5.56 Å². The van der Waals surface area contributed by atoms with Crippen molar-refractivity contribution in [3.8, 4) is 5.75 Å². The molecular weight excluding hydrogens is 214 g/mol. The Kier molecular flexibility index (Phi) is 5.41. The fraction of sp³-hybridized carbons (Fsp3) is 0.538. The van der Waals surface area contributed by atoms with E-state index in [-0.39, 0.29) is 5.41 Å². The third-order valence-corrected chi connectivity index (χ3v) is 2.74. The fourth-order valence-electron chi connectivity index (χ4n) is 1.72. The number of hydrogen-bond acceptors (Lipinski definition) is 4. The zero-order valence-electron chi connectivity index (χ0n) is 10.9. The van der Waals surface area contributed by atoms with Crippen LogP contribution in [0, 0.1) is 0 Å². The fourth-order valence-corrected chi connectivity index (χ4v) is 1.72. The van der Waals surface area contributed by atoms with Gasteiger partial charge in [0.05, 0.1) is 13.3 Å². The summed E-state index contributed by atoms with van der Waals surface area (Å²) in [6.45, 7) is 8.57. The Labute approximate surface area is 104 Å². The molecule has 96 valence electrons. The molecule has 0 spiro atoms. The summed E-state index contributed by atoms with van der Waals surface area (Å²) in [6.07, 6.45) is 0. The standard InChI is InChI=1S/C13H23N3O/c1-4-17-12-7-5-11(6-8-12)13(2,3)9-15-10-16-14/h5-8,15-16H,4,9-10,14H2,1-3H3. The molecule has 0 heterocycles. The lowest BCUT2D eigenvalue weighted by molar-refractivity contribution is 0.340. The average Bonchev–Trinajstić information content (AvgIpc) is 2.30. The van der Waals surface area contributed by atoms with E-state index in [0.717, 1.165) is 12.3 Å². The molecule has 0 saturated heterocycles. The molecule has 0 aliphatic heterocycles. The van der Waals surface area contributed by atoms with Crippen LogP contribution in [0.4, 0.5) is 0 Å². The highest BCUT2D eigenvalue weighted by molar-refractivity contribution is 5.31. The first kappa shape index (κ1) is 14.0. The van der Waals surface area contributed by atoms with Crippen LogP contribution in [0.5, 0.6) is 5.75 Å². The van der Waals surface area contributed by atoms with E-state index in [1.807, 2.05) is 19.1 Å². The summed E-state index contributed by atoms with van der Waals surface area (Å²) in [7, 11) is 0. The monoisotopic (exact) mass is 237 g/mol. The maximum absolute atomic E-state index is 5.43. The molecule has 0 bridgehead atoms. The maximum atomic E-state index is 5.43. The Hall–Kier alpha value is -1.10. The van der Waals surface area contributed by atoms with Gasteiger partial charge in [-0.1, -0.05) is 26.0 Å². The number of hydrogen-bond donors (Lipinski definition) is 3. The van der Waals surface area contributed by atoms with Gasteiger partial charge in [0.2, 0.25) is 0 Å². The SMILES string of the molecule is CCOc1ccc(C(C)(C)CNCNN)cc1. The molecule has 0 fully saturated rings. The third kappa shape index (κ3) is 4.34. The molecule has 4 heteroatoms. The Morgan fingerprint density at radius 2 is 1.88 bits per heavy atom. The van der Waals surface area contributed by atoms with Crippen LogP contribution in [0.2, 0.25) is 0 Å². The predicted molar refractivity (Wildman–Crippen MR) is 70.8 cm³/mol. The van der Waals surface area contributed by atoms with E-state index >= 15 is 0 Å². The molecule has 0 radical (unpaired) electrons. The molecule has 0 aliphatic carbocycles. The van der Waals surface area contributed by atoms with Crippen LogP contribution >= 0.6 is 0 Å². The van der Waals surface area contributed by atoms with Crippen molar-refractivity contribution >= 4 is 0 Å². The van der Waals surface area contributed by atoms with Crippen LogP contribution < -0.4 is 21.3 Å². The van der Waals surface area contributed by atoms with Crippen molar-refractivity contribution in [1.82, 2.24) is 10.7 Å². The van der Waals surface area contributed by atoms with E-state index < -0.39 is 0 Å². The molecule has 1 aromatic carbocycles. The highest BCUT2D eigenvalue weighted by Crippen LogP contribution is 2.24. The highest BCUT2D eigenvalue weighted by atomic mass is 16.5. The number of hydrazine groups is 1. The van der Waals surface area contributed by atoms with Gasteiger partial charge in [0.25, 0.3) is 0 Å². The number of rotatable bonds is 7. The van der Waals surface area contributed by atoms with E-state index in [9.17, 15) is 0 Å². The van der Waals surface area contributed by atoms with Gasteiger partial charge in [0.1, 0.15) is 5.75 Å². The van der Waals surface area contributed by atoms with E-state index in [0.29, 0.717) is 13.3 Å². The van der Waals surface area contributed by atoms with Crippen LogP contribution in [-0.4, -0.2) is 19.8 Å². The number of nitrogens with one attached hydrogen (secondary N) is 2. The third-order valence-electron chi connectivity index (χ3n) is 2.74. The molecule has 17 heavy (non-hydrogen) atoms.